The molecule has 1 aromatic carbocycles. The highest BCUT2D eigenvalue weighted by Crippen LogP contribution is 2.12. The second kappa shape index (κ2) is 6.42. The number of carbonyl (C=O) groups excluding carboxylic acids is 2. The Morgan fingerprint density at radius 1 is 1.38 bits per heavy atom. The molecule has 0 aliphatic carbocycles. The fourth-order valence-corrected chi connectivity index (χ4v) is 1.51. The summed E-state index contributed by atoms with van der Waals surface area (Å²) in [7, 11) is 1.57. The smallest absolute Gasteiger partial charge is 0.186 e. The van der Waals surface area contributed by atoms with Gasteiger partial charge in [-0.25, -0.2) is 0 Å². The number of benzene rings is 1. The van der Waals surface area contributed by atoms with Crippen molar-refractivity contribution in [3.63, 3.8) is 0 Å². The fraction of sp³-hybridized carbons (Fsp3) is 0.167. The van der Waals surface area contributed by atoms with Crippen LogP contribution in [0.1, 0.15) is 10.4 Å². The number of aldehydes is 1. The van der Waals surface area contributed by atoms with Gasteiger partial charge in [-0.05, 0) is 30.3 Å². The molecule has 0 N–H and O–H groups in total. The molecule has 0 atom stereocenters. The second-order valence-corrected chi connectivity index (χ2v) is 3.83. The lowest BCUT2D eigenvalue weighted by atomic mass is 10.1. The van der Waals surface area contributed by atoms with Crippen LogP contribution in [0.5, 0.6) is 5.75 Å². The van der Waals surface area contributed by atoms with Crippen LogP contribution in [-0.2, 0) is 4.79 Å². The van der Waals surface area contributed by atoms with Crippen molar-refractivity contribution < 1.29 is 14.3 Å². The molecule has 1 aromatic rings. The SMILES string of the molecule is COc1ccc(C(=O)/C=C(/C=O)CI)cc1. The van der Waals surface area contributed by atoms with Gasteiger partial charge in [-0.15, -0.1) is 0 Å². The van der Waals surface area contributed by atoms with E-state index >= 15 is 0 Å². The van der Waals surface area contributed by atoms with Crippen molar-refractivity contribution in [3.05, 3.63) is 41.5 Å². The quantitative estimate of drug-likeness (QED) is 0.274. The Kier molecular flexibility index (Phi) is 5.18. The van der Waals surface area contributed by atoms with E-state index < -0.39 is 0 Å². The number of hydrogen-bond acceptors (Lipinski definition) is 3. The Hall–Kier alpha value is -1.17. The lowest BCUT2D eigenvalue weighted by molar-refractivity contribution is -0.104. The molecule has 84 valence electrons. The predicted octanol–water partition coefficient (Wildman–Crippen LogP) is 2.44. The van der Waals surface area contributed by atoms with E-state index in [4.69, 9.17) is 4.74 Å². The predicted molar refractivity (Wildman–Crippen MR) is 70.4 cm³/mol. The number of alkyl halides is 1. The minimum Gasteiger partial charge on any atom is -0.497 e. The highest BCUT2D eigenvalue weighted by atomic mass is 127. The molecule has 0 aliphatic heterocycles. The number of methoxy groups -OCH3 is 1. The highest BCUT2D eigenvalue weighted by molar-refractivity contribution is 14.1. The van der Waals surface area contributed by atoms with Crippen LogP contribution in [0.3, 0.4) is 0 Å². The average Bonchev–Trinajstić information content (AvgIpc) is 2.35. The van der Waals surface area contributed by atoms with Gasteiger partial charge < -0.3 is 4.74 Å². The first-order chi connectivity index (χ1) is 7.71. The van der Waals surface area contributed by atoms with Crippen molar-refractivity contribution in [2.24, 2.45) is 0 Å². The number of rotatable bonds is 5. The second-order valence-electron chi connectivity index (χ2n) is 3.06. The molecule has 0 bridgehead atoms. The van der Waals surface area contributed by atoms with Gasteiger partial charge in [0.2, 0.25) is 0 Å². The van der Waals surface area contributed by atoms with E-state index in [1.54, 1.807) is 31.4 Å². The third kappa shape index (κ3) is 3.44. The highest BCUT2D eigenvalue weighted by Gasteiger charge is 2.04. The summed E-state index contributed by atoms with van der Waals surface area (Å²) in [6.45, 7) is 0. The average molecular weight is 330 g/mol. The first kappa shape index (κ1) is 12.9. The molecule has 16 heavy (non-hydrogen) atoms. The molecule has 1 rings (SSSR count). The van der Waals surface area contributed by atoms with E-state index in [0.29, 0.717) is 27.6 Å². The summed E-state index contributed by atoms with van der Waals surface area (Å²) < 4.78 is 5.52. The van der Waals surface area contributed by atoms with Crippen molar-refractivity contribution in [1.29, 1.82) is 0 Å². The standard InChI is InChI=1S/C12H11IO3/c1-16-11-4-2-10(3-5-11)12(15)6-9(7-13)8-14/h2-6,8H,7H2,1H3/b9-6+. The van der Waals surface area contributed by atoms with Gasteiger partial charge in [-0.2, -0.15) is 0 Å². The van der Waals surface area contributed by atoms with Gasteiger partial charge in [0.25, 0.3) is 0 Å². The Balaban J connectivity index is 2.88. The van der Waals surface area contributed by atoms with Crippen LogP contribution in [0, 0.1) is 0 Å². The third-order valence-corrected chi connectivity index (χ3v) is 2.88. The van der Waals surface area contributed by atoms with Crippen LogP contribution in [0.2, 0.25) is 0 Å². The largest absolute Gasteiger partial charge is 0.497 e. The Labute approximate surface area is 108 Å². The van der Waals surface area contributed by atoms with Crippen LogP contribution in [0.15, 0.2) is 35.9 Å². The molecule has 0 fully saturated rings. The normalized spacial score (nSPS) is 11.0. The Bertz CT molecular complexity index is 407. The zero-order valence-electron chi connectivity index (χ0n) is 8.77. The minimum atomic E-state index is -0.165. The monoisotopic (exact) mass is 330 g/mol. The fourth-order valence-electron chi connectivity index (χ4n) is 1.11. The van der Waals surface area contributed by atoms with E-state index in [0.717, 1.165) is 0 Å². The van der Waals surface area contributed by atoms with Crippen molar-refractivity contribution in [2.75, 3.05) is 11.5 Å². The number of ketones is 1. The number of ether oxygens (including phenoxy) is 1. The van der Waals surface area contributed by atoms with Crippen LogP contribution >= 0.6 is 22.6 Å². The van der Waals surface area contributed by atoms with Gasteiger partial charge in [0, 0.05) is 15.6 Å². The zero-order chi connectivity index (χ0) is 12.0. The molecule has 0 saturated carbocycles. The maximum Gasteiger partial charge on any atom is 0.186 e. The summed E-state index contributed by atoms with van der Waals surface area (Å²) in [5.41, 5.74) is 1.03. The summed E-state index contributed by atoms with van der Waals surface area (Å²) in [6, 6.07) is 6.78. The summed E-state index contributed by atoms with van der Waals surface area (Å²) in [4.78, 5) is 22.3. The maximum absolute atomic E-state index is 11.7. The number of halogens is 1. The molecule has 0 aromatic heterocycles. The van der Waals surface area contributed by atoms with Gasteiger partial charge in [-0.1, -0.05) is 22.6 Å². The minimum absolute atomic E-state index is 0.165. The van der Waals surface area contributed by atoms with Crippen LogP contribution in [-0.4, -0.2) is 23.6 Å². The van der Waals surface area contributed by atoms with Crippen LogP contribution in [0.25, 0.3) is 0 Å². The van der Waals surface area contributed by atoms with E-state index in [9.17, 15) is 9.59 Å². The molecule has 0 heterocycles. The summed E-state index contributed by atoms with van der Waals surface area (Å²) in [5, 5.41) is 0. The van der Waals surface area contributed by atoms with Gasteiger partial charge in [0.1, 0.15) is 12.0 Å². The van der Waals surface area contributed by atoms with E-state index in [1.165, 1.54) is 6.08 Å². The van der Waals surface area contributed by atoms with Crippen molar-refractivity contribution in [3.8, 4) is 5.75 Å². The lowest BCUT2D eigenvalue weighted by Gasteiger charge is -2.00. The summed E-state index contributed by atoms with van der Waals surface area (Å²) in [5.74, 6) is 0.534. The van der Waals surface area contributed by atoms with Gasteiger partial charge in [0.05, 0.1) is 7.11 Å². The molecule has 4 heteroatoms. The van der Waals surface area contributed by atoms with Crippen molar-refractivity contribution >= 4 is 34.7 Å². The van der Waals surface area contributed by atoms with E-state index in [2.05, 4.69) is 0 Å². The number of hydrogen-bond donors (Lipinski definition) is 0. The summed E-state index contributed by atoms with van der Waals surface area (Å²) in [6.07, 6.45) is 2.06. The third-order valence-electron chi connectivity index (χ3n) is 2.00. The van der Waals surface area contributed by atoms with Crippen molar-refractivity contribution in [1.82, 2.24) is 0 Å². The molecule has 0 radical (unpaired) electrons. The lowest BCUT2D eigenvalue weighted by Crippen LogP contribution is -1.98. The summed E-state index contributed by atoms with van der Waals surface area (Å²) >= 11 is 2.04. The zero-order valence-corrected chi connectivity index (χ0v) is 10.9. The maximum atomic E-state index is 11.7. The topological polar surface area (TPSA) is 43.4 Å². The molecule has 0 unspecified atom stereocenters. The van der Waals surface area contributed by atoms with Crippen molar-refractivity contribution in [2.45, 2.75) is 0 Å². The molecule has 0 spiro atoms. The van der Waals surface area contributed by atoms with Gasteiger partial charge in [0.15, 0.2) is 5.78 Å². The molecular weight excluding hydrogens is 319 g/mol. The number of carbonyl (C=O) groups is 2. The molecule has 0 aliphatic rings. The van der Waals surface area contributed by atoms with Gasteiger partial charge in [-0.3, -0.25) is 9.59 Å². The molecule has 0 amide bonds. The van der Waals surface area contributed by atoms with Crippen LogP contribution in [0.4, 0.5) is 0 Å². The molecule has 3 nitrogen and oxygen atoms in total. The Morgan fingerprint density at radius 2 is 2.00 bits per heavy atom. The van der Waals surface area contributed by atoms with E-state index in [-0.39, 0.29) is 5.78 Å². The van der Waals surface area contributed by atoms with Crippen LogP contribution < -0.4 is 4.74 Å². The first-order valence-electron chi connectivity index (χ1n) is 4.61. The Morgan fingerprint density at radius 3 is 2.44 bits per heavy atom. The molecule has 0 saturated heterocycles. The van der Waals surface area contributed by atoms with Gasteiger partial charge >= 0.3 is 0 Å². The number of allylic oxidation sites excluding steroid dienone is 2. The van der Waals surface area contributed by atoms with E-state index in [1.807, 2.05) is 22.6 Å². The first-order valence-corrected chi connectivity index (χ1v) is 6.14. The molecular formula is C12H11IO3.